The van der Waals surface area contributed by atoms with Gasteiger partial charge >= 0.3 is 0 Å². The number of benzene rings is 1. The van der Waals surface area contributed by atoms with Gasteiger partial charge in [-0.2, -0.15) is 0 Å². The van der Waals surface area contributed by atoms with Gasteiger partial charge in [0.15, 0.2) is 0 Å². The third kappa shape index (κ3) is 4.03. The average molecular weight is 319 g/mol. The third-order valence-corrected chi connectivity index (χ3v) is 4.35. The highest BCUT2D eigenvalue weighted by atomic mass is 35.5. The molecule has 0 unspecified atom stereocenters. The quantitative estimate of drug-likeness (QED) is 0.868. The number of rotatable bonds is 3. The van der Waals surface area contributed by atoms with Gasteiger partial charge in [-0.05, 0) is 18.2 Å². The van der Waals surface area contributed by atoms with Crippen molar-refractivity contribution in [2.45, 2.75) is 4.90 Å². The molecule has 0 radical (unpaired) electrons. The summed E-state index contributed by atoms with van der Waals surface area (Å²) in [6, 6.07) is 5.13. The Hall–Kier alpha value is -0.910. The first-order valence-electron chi connectivity index (χ1n) is 5.68. The van der Waals surface area contributed by atoms with Crippen molar-refractivity contribution in [1.82, 2.24) is 10.2 Å². The SMILES string of the molecule is O=C1CN(C(=O)CSc2cc(Cl)ccc2Cl)CCN1. The molecule has 1 aromatic rings. The lowest BCUT2D eigenvalue weighted by atomic mass is 10.3. The standard InChI is InChI=1S/C12H12Cl2N2O2S/c13-8-1-2-9(14)10(5-8)19-7-12(18)16-4-3-15-11(17)6-16/h1-2,5H,3-4,6-7H2,(H,15,17). The number of thioether (sulfide) groups is 1. The molecule has 0 atom stereocenters. The monoisotopic (exact) mass is 318 g/mol. The molecule has 0 aliphatic carbocycles. The molecule has 7 heteroatoms. The molecule has 1 aliphatic rings. The summed E-state index contributed by atoms with van der Waals surface area (Å²) >= 11 is 13.2. The zero-order valence-electron chi connectivity index (χ0n) is 9.99. The molecule has 1 heterocycles. The zero-order valence-corrected chi connectivity index (χ0v) is 12.3. The van der Waals surface area contributed by atoms with Crippen LogP contribution in [0.1, 0.15) is 0 Å². The van der Waals surface area contributed by atoms with Crippen molar-refractivity contribution in [3.8, 4) is 0 Å². The van der Waals surface area contributed by atoms with Gasteiger partial charge in [-0.15, -0.1) is 11.8 Å². The minimum absolute atomic E-state index is 0.0732. The fourth-order valence-electron chi connectivity index (χ4n) is 1.67. The van der Waals surface area contributed by atoms with Crippen LogP contribution in [0, 0.1) is 0 Å². The van der Waals surface area contributed by atoms with Gasteiger partial charge in [-0.1, -0.05) is 23.2 Å². The van der Waals surface area contributed by atoms with Crippen molar-refractivity contribution in [3.63, 3.8) is 0 Å². The fourth-order valence-corrected chi connectivity index (χ4v) is 3.07. The summed E-state index contributed by atoms with van der Waals surface area (Å²) in [6.07, 6.45) is 0. The highest BCUT2D eigenvalue weighted by molar-refractivity contribution is 8.00. The minimum atomic E-state index is -0.120. The Labute approximate surface area is 125 Å². The number of hydrogen-bond acceptors (Lipinski definition) is 3. The van der Waals surface area contributed by atoms with E-state index < -0.39 is 0 Å². The molecule has 2 rings (SSSR count). The van der Waals surface area contributed by atoms with E-state index in [-0.39, 0.29) is 24.1 Å². The molecule has 102 valence electrons. The molecular weight excluding hydrogens is 307 g/mol. The Balaban J connectivity index is 1.92. The molecule has 1 aromatic carbocycles. The predicted octanol–water partition coefficient (Wildman–Crippen LogP) is 2.04. The normalized spacial score (nSPS) is 15.3. The van der Waals surface area contributed by atoms with Crippen LogP contribution in [-0.4, -0.2) is 42.1 Å². The summed E-state index contributed by atoms with van der Waals surface area (Å²) in [5.41, 5.74) is 0. The van der Waals surface area contributed by atoms with Gasteiger partial charge in [0.2, 0.25) is 11.8 Å². The van der Waals surface area contributed by atoms with E-state index >= 15 is 0 Å². The van der Waals surface area contributed by atoms with E-state index in [9.17, 15) is 9.59 Å². The third-order valence-electron chi connectivity index (χ3n) is 2.64. The van der Waals surface area contributed by atoms with Gasteiger partial charge in [0.1, 0.15) is 0 Å². The van der Waals surface area contributed by atoms with Crippen molar-refractivity contribution in [2.75, 3.05) is 25.4 Å². The summed E-state index contributed by atoms with van der Waals surface area (Å²) in [5.74, 6) is 0.0501. The average Bonchev–Trinajstić information content (AvgIpc) is 2.39. The van der Waals surface area contributed by atoms with Crippen molar-refractivity contribution >= 4 is 46.8 Å². The van der Waals surface area contributed by atoms with Crippen molar-refractivity contribution < 1.29 is 9.59 Å². The minimum Gasteiger partial charge on any atom is -0.353 e. The maximum atomic E-state index is 12.0. The van der Waals surface area contributed by atoms with Gasteiger partial charge in [-0.3, -0.25) is 9.59 Å². The fraction of sp³-hybridized carbons (Fsp3) is 0.333. The number of nitrogens with zero attached hydrogens (tertiary/aromatic N) is 1. The van der Waals surface area contributed by atoms with E-state index in [1.54, 1.807) is 23.1 Å². The first kappa shape index (κ1) is 14.5. The summed E-state index contributed by atoms with van der Waals surface area (Å²) in [5, 5.41) is 3.83. The van der Waals surface area contributed by atoms with Crippen molar-refractivity contribution in [1.29, 1.82) is 0 Å². The van der Waals surface area contributed by atoms with E-state index in [0.717, 1.165) is 4.90 Å². The summed E-state index contributed by atoms with van der Waals surface area (Å²) in [6.45, 7) is 1.18. The first-order chi connectivity index (χ1) is 9.06. The van der Waals surface area contributed by atoms with E-state index in [0.29, 0.717) is 23.1 Å². The topological polar surface area (TPSA) is 49.4 Å². The molecule has 1 fully saturated rings. The number of amides is 2. The van der Waals surface area contributed by atoms with E-state index in [4.69, 9.17) is 23.2 Å². The molecular formula is C12H12Cl2N2O2S. The van der Waals surface area contributed by atoms with Crippen LogP contribution in [0.25, 0.3) is 0 Å². The second kappa shape index (κ2) is 6.50. The van der Waals surface area contributed by atoms with Crippen LogP contribution >= 0.6 is 35.0 Å². The number of carbonyl (C=O) groups excluding carboxylic acids is 2. The number of hydrogen-bond donors (Lipinski definition) is 1. The number of nitrogens with one attached hydrogen (secondary N) is 1. The van der Waals surface area contributed by atoms with Crippen LogP contribution < -0.4 is 5.32 Å². The molecule has 1 saturated heterocycles. The van der Waals surface area contributed by atoms with Crippen LogP contribution in [0.4, 0.5) is 0 Å². The second-order valence-corrected chi connectivity index (χ2v) is 5.89. The van der Waals surface area contributed by atoms with E-state index in [2.05, 4.69) is 5.32 Å². The van der Waals surface area contributed by atoms with Gasteiger partial charge in [0.25, 0.3) is 0 Å². The van der Waals surface area contributed by atoms with Crippen molar-refractivity contribution in [3.05, 3.63) is 28.2 Å². The summed E-state index contributed by atoms with van der Waals surface area (Å²) in [7, 11) is 0. The predicted molar refractivity (Wildman–Crippen MR) is 76.8 cm³/mol. The van der Waals surface area contributed by atoms with Gasteiger partial charge in [0, 0.05) is 23.0 Å². The molecule has 19 heavy (non-hydrogen) atoms. The first-order valence-corrected chi connectivity index (χ1v) is 7.43. The Kier molecular flexibility index (Phi) is 4.96. The number of carbonyl (C=O) groups is 2. The van der Waals surface area contributed by atoms with E-state index in [1.807, 2.05) is 0 Å². The lowest BCUT2D eigenvalue weighted by molar-refractivity contribution is -0.136. The molecule has 1 N–H and O–H groups in total. The second-order valence-electron chi connectivity index (χ2n) is 4.03. The smallest absolute Gasteiger partial charge is 0.239 e. The van der Waals surface area contributed by atoms with Crippen LogP contribution in [-0.2, 0) is 9.59 Å². The Morgan fingerprint density at radius 3 is 2.95 bits per heavy atom. The molecule has 0 saturated carbocycles. The summed E-state index contributed by atoms with van der Waals surface area (Å²) < 4.78 is 0. The van der Waals surface area contributed by atoms with Crippen LogP contribution in [0.3, 0.4) is 0 Å². The largest absolute Gasteiger partial charge is 0.353 e. The van der Waals surface area contributed by atoms with Crippen molar-refractivity contribution in [2.24, 2.45) is 0 Å². The molecule has 2 amide bonds. The number of halogens is 2. The van der Waals surface area contributed by atoms with Gasteiger partial charge in [0.05, 0.1) is 17.3 Å². The lowest BCUT2D eigenvalue weighted by Gasteiger charge is -2.26. The highest BCUT2D eigenvalue weighted by Gasteiger charge is 2.21. The number of piperazine rings is 1. The molecule has 0 aromatic heterocycles. The molecule has 4 nitrogen and oxygen atoms in total. The van der Waals surface area contributed by atoms with Gasteiger partial charge in [-0.25, -0.2) is 0 Å². The summed E-state index contributed by atoms with van der Waals surface area (Å²) in [4.78, 5) is 25.5. The zero-order chi connectivity index (χ0) is 13.8. The van der Waals surface area contributed by atoms with Crippen LogP contribution in [0.5, 0.6) is 0 Å². The lowest BCUT2D eigenvalue weighted by Crippen LogP contribution is -2.50. The Morgan fingerprint density at radius 2 is 2.21 bits per heavy atom. The van der Waals surface area contributed by atoms with E-state index in [1.165, 1.54) is 11.8 Å². The van der Waals surface area contributed by atoms with Gasteiger partial charge < -0.3 is 10.2 Å². The maximum Gasteiger partial charge on any atom is 0.239 e. The Bertz CT molecular complexity index is 511. The van der Waals surface area contributed by atoms with Crippen LogP contribution in [0.15, 0.2) is 23.1 Å². The molecule has 1 aliphatic heterocycles. The molecule has 0 bridgehead atoms. The molecule has 0 spiro atoms. The Morgan fingerprint density at radius 1 is 1.42 bits per heavy atom. The maximum absolute atomic E-state index is 12.0. The van der Waals surface area contributed by atoms with Crippen LogP contribution in [0.2, 0.25) is 10.0 Å². The highest BCUT2D eigenvalue weighted by Crippen LogP contribution is 2.29.